The summed E-state index contributed by atoms with van der Waals surface area (Å²) in [5, 5.41) is 26.0. The Morgan fingerprint density at radius 1 is 1.15 bits per heavy atom. The smallest absolute Gasteiger partial charge is 0.354 e. The third-order valence-corrected chi connectivity index (χ3v) is 5.68. The summed E-state index contributed by atoms with van der Waals surface area (Å²) in [5.41, 5.74) is 5.20. The van der Waals surface area contributed by atoms with Crippen LogP contribution in [-0.2, 0) is 30.6 Å². The van der Waals surface area contributed by atoms with E-state index < -0.39 is 11.9 Å². The molecule has 0 saturated heterocycles. The Hall–Kier alpha value is -3.23. The predicted octanol–water partition coefficient (Wildman–Crippen LogP) is 3.71. The van der Waals surface area contributed by atoms with E-state index in [4.69, 9.17) is 21.5 Å². The van der Waals surface area contributed by atoms with Crippen LogP contribution in [0.1, 0.15) is 40.5 Å². The molecule has 0 atom stereocenters. The first kappa shape index (κ1) is 24.4. The average molecular weight is 471 g/mol. The predicted molar refractivity (Wildman–Crippen MR) is 126 cm³/mol. The van der Waals surface area contributed by atoms with Gasteiger partial charge in [0.15, 0.2) is 0 Å². The minimum absolute atomic E-state index is 0.318. The van der Waals surface area contributed by atoms with E-state index in [0.29, 0.717) is 18.7 Å². The zero-order chi connectivity index (χ0) is 23.8. The van der Waals surface area contributed by atoms with Gasteiger partial charge in [-0.3, -0.25) is 14.5 Å². The van der Waals surface area contributed by atoms with Crippen molar-refractivity contribution in [2.24, 2.45) is 0 Å². The second kappa shape index (κ2) is 11.6. The highest BCUT2D eigenvalue weighted by Gasteiger charge is 2.27. The maximum absolute atomic E-state index is 11.9. The van der Waals surface area contributed by atoms with Crippen LogP contribution >= 0.6 is 11.6 Å². The quantitative estimate of drug-likeness (QED) is 0.429. The zero-order valence-electron chi connectivity index (χ0n) is 18.4. The highest BCUT2D eigenvalue weighted by atomic mass is 35.5. The topological polar surface area (TPSA) is 117 Å². The Morgan fingerprint density at radius 3 is 2.64 bits per heavy atom. The number of aliphatic carboxylic acids is 1. The summed E-state index contributed by atoms with van der Waals surface area (Å²) in [4.78, 5) is 25.1. The number of pyridine rings is 1. The largest absolute Gasteiger partial charge is 0.481 e. The molecule has 0 spiro atoms. The molecule has 0 bridgehead atoms. The summed E-state index contributed by atoms with van der Waals surface area (Å²) >= 11 is 6.18. The molecule has 3 aromatic rings. The van der Waals surface area contributed by atoms with Crippen molar-refractivity contribution >= 4 is 23.5 Å². The molecule has 4 rings (SSSR count). The zero-order valence-corrected chi connectivity index (χ0v) is 19.2. The molecule has 2 aromatic heterocycles. The van der Waals surface area contributed by atoms with Crippen LogP contribution in [0, 0.1) is 0 Å². The lowest BCUT2D eigenvalue weighted by atomic mass is 9.90. The van der Waals surface area contributed by atoms with Crippen molar-refractivity contribution in [1.29, 1.82) is 0 Å². The number of benzene rings is 1. The third kappa shape index (κ3) is 6.40. The van der Waals surface area contributed by atoms with Gasteiger partial charge in [0.2, 0.25) is 0 Å². The lowest BCUT2D eigenvalue weighted by Gasteiger charge is -2.14. The summed E-state index contributed by atoms with van der Waals surface area (Å²) in [6, 6.07) is 9.77. The van der Waals surface area contributed by atoms with Gasteiger partial charge in [0, 0.05) is 42.0 Å². The third-order valence-electron chi connectivity index (χ3n) is 5.31. The number of rotatable bonds is 8. The molecule has 1 aliphatic rings. The van der Waals surface area contributed by atoms with Crippen molar-refractivity contribution in [2.45, 2.75) is 39.2 Å². The molecule has 0 unspecified atom stereocenters. The van der Waals surface area contributed by atoms with E-state index in [1.54, 1.807) is 10.9 Å². The van der Waals surface area contributed by atoms with Crippen LogP contribution in [0.25, 0.3) is 11.3 Å². The van der Waals surface area contributed by atoms with Gasteiger partial charge in [-0.15, -0.1) is 0 Å². The Kier molecular flexibility index (Phi) is 8.57. The summed E-state index contributed by atoms with van der Waals surface area (Å²) in [6.45, 7) is 3.26. The van der Waals surface area contributed by atoms with Crippen LogP contribution in [0.5, 0.6) is 0 Å². The first-order chi connectivity index (χ1) is 15.9. The van der Waals surface area contributed by atoms with Crippen LogP contribution in [0.2, 0.25) is 5.02 Å². The van der Waals surface area contributed by atoms with Crippen molar-refractivity contribution < 1.29 is 19.8 Å². The van der Waals surface area contributed by atoms with Crippen LogP contribution < -0.4 is 5.32 Å². The van der Waals surface area contributed by atoms with Gasteiger partial charge in [-0.25, -0.2) is 4.79 Å². The van der Waals surface area contributed by atoms with Gasteiger partial charge in [-0.1, -0.05) is 29.8 Å². The summed E-state index contributed by atoms with van der Waals surface area (Å²) in [5.74, 6) is -1.75. The minimum atomic E-state index is -0.914. The Morgan fingerprint density at radius 2 is 1.91 bits per heavy atom. The molecule has 8 nitrogen and oxygen atoms in total. The highest BCUT2D eigenvalue weighted by molar-refractivity contribution is 6.31. The molecule has 33 heavy (non-hydrogen) atoms. The monoisotopic (exact) mass is 470 g/mol. The molecule has 1 aliphatic carbocycles. The van der Waals surface area contributed by atoms with Crippen molar-refractivity contribution in [3.63, 3.8) is 0 Å². The number of hydrogen-bond acceptors (Lipinski definition) is 5. The molecule has 0 radical (unpaired) electrons. The van der Waals surface area contributed by atoms with E-state index in [-0.39, 0.29) is 0 Å². The average Bonchev–Trinajstić information content (AvgIpc) is 3.16. The first-order valence-electron chi connectivity index (χ1n) is 10.8. The number of carbonyl (C=O) groups is 2. The maximum Gasteiger partial charge on any atom is 0.354 e. The fourth-order valence-electron chi connectivity index (χ4n) is 3.87. The molecule has 2 heterocycles. The van der Waals surface area contributed by atoms with Crippen molar-refractivity contribution in [3.05, 3.63) is 70.1 Å². The minimum Gasteiger partial charge on any atom is -0.481 e. The number of aromatic nitrogens is 3. The highest BCUT2D eigenvalue weighted by Crippen LogP contribution is 2.34. The molecule has 0 amide bonds. The fourth-order valence-corrected chi connectivity index (χ4v) is 4.10. The number of aryl methyl sites for hydroxylation is 2. The van der Waals surface area contributed by atoms with Crippen LogP contribution in [0.4, 0.5) is 0 Å². The van der Waals surface area contributed by atoms with Gasteiger partial charge in [0.05, 0.1) is 5.69 Å². The van der Waals surface area contributed by atoms with Gasteiger partial charge >= 0.3 is 5.97 Å². The lowest BCUT2D eigenvalue weighted by Crippen LogP contribution is -2.21. The number of hydrogen-bond donors (Lipinski definition) is 3. The van der Waals surface area contributed by atoms with Gasteiger partial charge in [-0.05, 0) is 62.0 Å². The standard InChI is InChI=1S/C22H23ClN4O2.C2H4O2/c23-19-5-2-1-4-15(19)8-11-24-10-3-13-27-21(22(28)29)18-7-6-16-14-25-12-9-17(16)20(18)26-27;1-2(3)4/h1-2,4-5,9,12,14,24H,3,6-8,10-11,13H2,(H,28,29);1H3,(H,3,4). The Labute approximate surface area is 197 Å². The summed E-state index contributed by atoms with van der Waals surface area (Å²) < 4.78 is 1.65. The maximum atomic E-state index is 11.9. The number of carboxylic acid groups (broad SMARTS) is 2. The fraction of sp³-hybridized carbons (Fsp3) is 0.333. The van der Waals surface area contributed by atoms with Crippen molar-refractivity contribution in [1.82, 2.24) is 20.1 Å². The molecular weight excluding hydrogens is 444 g/mol. The van der Waals surface area contributed by atoms with E-state index >= 15 is 0 Å². The van der Waals surface area contributed by atoms with Gasteiger partial charge in [0.1, 0.15) is 5.69 Å². The van der Waals surface area contributed by atoms with Gasteiger partial charge in [0.25, 0.3) is 5.97 Å². The summed E-state index contributed by atoms with van der Waals surface area (Å²) in [7, 11) is 0. The number of nitrogens with zero attached hydrogens (tertiary/aromatic N) is 3. The molecular formula is C24H27ClN4O4. The van der Waals surface area contributed by atoms with Gasteiger partial charge < -0.3 is 15.5 Å². The molecule has 1 aromatic carbocycles. The Balaban J connectivity index is 0.000000709. The van der Waals surface area contributed by atoms with E-state index in [2.05, 4.69) is 15.4 Å². The molecule has 3 N–H and O–H groups in total. The number of fused-ring (bicyclic) bond motifs is 3. The van der Waals surface area contributed by atoms with Crippen LogP contribution in [-0.4, -0.2) is 50.0 Å². The number of halogens is 1. The molecule has 0 fully saturated rings. The molecule has 0 saturated carbocycles. The van der Waals surface area contributed by atoms with Gasteiger partial charge in [-0.2, -0.15) is 5.10 Å². The van der Waals surface area contributed by atoms with E-state index in [0.717, 1.165) is 72.2 Å². The van der Waals surface area contributed by atoms with E-state index in [1.165, 1.54) is 0 Å². The molecule has 174 valence electrons. The lowest BCUT2D eigenvalue weighted by molar-refractivity contribution is -0.134. The second-order valence-corrected chi connectivity index (χ2v) is 8.11. The van der Waals surface area contributed by atoms with Crippen molar-refractivity contribution in [2.75, 3.05) is 13.1 Å². The van der Waals surface area contributed by atoms with E-state index in [9.17, 15) is 9.90 Å². The van der Waals surface area contributed by atoms with Crippen LogP contribution in [0.3, 0.4) is 0 Å². The van der Waals surface area contributed by atoms with Crippen molar-refractivity contribution in [3.8, 4) is 11.3 Å². The number of aromatic carboxylic acids is 1. The number of carboxylic acids is 2. The van der Waals surface area contributed by atoms with Crippen LogP contribution in [0.15, 0.2) is 42.7 Å². The first-order valence-corrected chi connectivity index (χ1v) is 11.2. The SMILES string of the molecule is CC(=O)O.O=C(O)c1c2c(nn1CCCNCCc1ccccc1Cl)-c1ccncc1CC2. The Bertz CT molecular complexity index is 1130. The second-order valence-electron chi connectivity index (χ2n) is 7.70. The summed E-state index contributed by atoms with van der Waals surface area (Å²) in [6.07, 6.45) is 6.72. The normalized spacial score (nSPS) is 11.7. The van der Waals surface area contributed by atoms with E-state index in [1.807, 2.05) is 36.5 Å². The number of nitrogens with one attached hydrogen (secondary N) is 1. The molecule has 0 aliphatic heterocycles. The molecule has 9 heteroatoms.